The van der Waals surface area contributed by atoms with Gasteiger partial charge in [-0.2, -0.15) is 5.10 Å². The Bertz CT molecular complexity index is 1190. The molecule has 2 saturated heterocycles. The number of ether oxygens (including phenoxy) is 1. The van der Waals surface area contributed by atoms with Crippen LogP contribution in [-0.4, -0.2) is 70.3 Å². The van der Waals surface area contributed by atoms with E-state index < -0.39 is 47.7 Å². The summed E-state index contributed by atoms with van der Waals surface area (Å²) >= 11 is 0. The first-order valence-electron chi connectivity index (χ1n) is 11.3. The highest BCUT2D eigenvalue weighted by molar-refractivity contribution is 6.08. The third-order valence-corrected chi connectivity index (χ3v) is 6.09. The molecule has 1 atom stereocenters. The van der Waals surface area contributed by atoms with Gasteiger partial charge in [0.15, 0.2) is 5.82 Å². The predicted octanol–water partition coefficient (Wildman–Crippen LogP) is 2.93. The number of aryl methyl sites for hydroxylation is 1. The van der Waals surface area contributed by atoms with E-state index in [2.05, 4.69) is 10.4 Å². The van der Waals surface area contributed by atoms with Crippen molar-refractivity contribution in [3.8, 4) is 0 Å². The molecule has 3 heterocycles. The molecule has 0 saturated carbocycles. The molecule has 2 fully saturated rings. The fourth-order valence-electron chi connectivity index (χ4n) is 4.59. The van der Waals surface area contributed by atoms with Crippen LogP contribution in [0.4, 0.5) is 23.8 Å². The number of nitrogens with one attached hydrogen (secondary N) is 1. The molecule has 1 aromatic carbocycles. The first-order valence-corrected chi connectivity index (χ1v) is 11.3. The maximum Gasteiger partial charge on any atom is 0.329 e. The molecule has 3 amide bonds. The van der Waals surface area contributed by atoms with Gasteiger partial charge in [0.2, 0.25) is 5.91 Å². The van der Waals surface area contributed by atoms with Crippen LogP contribution in [-0.2, 0) is 21.4 Å². The summed E-state index contributed by atoms with van der Waals surface area (Å²) in [6, 6.07) is 1.78. The first kappa shape index (κ1) is 25.0. The highest BCUT2D eigenvalue weighted by Crippen LogP contribution is 2.43. The Labute approximate surface area is 200 Å². The van der Waals surface area contributed by atoms with Crippen LogP contribution in [0.25, 0.3) is 10.9 Å². The van der Waals surface area contributed by atoms with Crippen LogP contribution in [0.2, 0.25) is 0 Å². The van der Waals surface area contributed by atoms with Crippen molar-refractivity contribution in [2.24, 2.45) is 7.05 Å². The quantitative estimate of drug-likeness (QED) is 0.656. The van der Waals surface area contributed by atoms with Crippen molar-refractivity contribution in [2.45, 2.75) is 51.1 Å². The van der Waals surface area contributed by atoms with E-state index in [4.69, 9.17) is 4.74 Å². The molecule has 12 heteroatoms. The lowest BCUT2D eigenvalue weighted by molar-refractivity contribution is -0.159. The predicted molar refractivity (Wildman–Crippen MR) is 121 cm³/mol. The van der Waals surface area contributed by atoms with Gasteiger partial charge in [-0.05, 0) is 51.4 Å². The van der Waals surface area contributed by atoms with Gasteiger partial charge >= 0.3 is 12.0 Å². The maximum absolute atomic E-state index is 15.2. The van der Waals surface area contributed by atoms with Crippen LogP contribution in [0.1, 0.15) is 45.1 Å². The van der Waals surface area contributed by atoms with Gasteiger partial charge in [0, 0.05) is 25.4 Å². The monoisotopic (exact) mass is 495 g/mol. The third-order valence-electron chi connectivity index (χ3n) is 6.09. The number of amides is 3. The number of fused-ring (bicyclic) bond motifs is 1. The van der Waals surface area contributed by atoms with Crippen LogP contribution < -0.4 is 10.2 Å². The molecule has 0 spiro atoms. The highest BCUT2D eigenvalue weighted by Gasteiger charge is 2.47. The molecule has 0 unspecified atom stereocenters. The number of benzene rings is 1. The van der Waals surface area contributed by atoms with Crippen molar-refractivity contribution in [2.75, 3.05) is 31.1 Å². The Balaban J connectivity index is 1.58. The molecule has 1 aromatic heterocycles. The number of carbonyl (C=O) groups is 3. The molecule has 2 aliphatic rings. The number of esters is 1. The molecule has 1 N–H and O–H groups in total. The van der Waals surface area contributed by atoms with E-state index in [1.54, 1.807) is 27.8 Å². The van der Waals surface area contributed by atoms with Gasteiger partial charge < -0.3 is 4.74 Å². The van der Waals surface area contributed by atoms with E-state index >= 15 is 13.2 Å². The Kier molecular flexibility index (Phi) is 6.28. The summed E-state index contributed by atoms with van der Waals surface area (Å²) in [6.45, 7) is 4.38. The van der Waals surface area contributed by atoms with E-state index in [1.165, 1.54) is 20.5 Å². The maximum atomic E-state index is 15.2. The van der Waals surface area contributed by atoms with Gasteiger partial charge in [0.25, 0.3) is 5.92 Å². The topological polar surface area (TPSA) is 96.8 Å². The van der Waals surface area contributed by atoms with Crippen LogP contribution in [0.15, 0.2) is 12.1 Å². The molecule has 190 valence electrons. The van der Waals surface area contributed by atoms with Crippen molar-refractivity contribution in [3.05, 3.63) is 23.5 Å². The lowest BCUT2D eigenvalue weighted by atomic mass is 9.85. The number of imide groups is 1. The normalized spacial score (nSPS) is 21.3. The zero-order valence-corrected chi connectivity index (χ0v) is 20.0. The Morgan fingerprint density at radius 1 is 1.26 bits per heavy atom. The molecule has 4 rings (SSSR count). The number of anilines is 1. The minimum Gasteiger partial charge on any atom is -0.459 e. The number of piperidine rings is 1. The fourth-order valence-corrected chi connectivity index (χ4v) is 4.59. The summed E-state index contributed by atoms with van der Waals surface area (Å²) in [6.07, 6.45) is 0.0119. The van der Waals surface area contributed by atoms with Crippen LogP contribution in [0.5, 0.6) is 0 Å². The highest BCUT2D eigenvalue weighted by atomic mass is 19.3. The number of hydrogen-bond donors (Lipinski definition) is 1. The first-order chi connectivity index (χ1) is 16.2. The number of carbonyl (C=O) groups excluding carboxylic acids is 3. The van der Waals surface area contributed by atoms with Gasteiger partial charge in [0.1, 0.15) is 11.4 Å². The molecule has 35 heavy (non-hydrogen) atoms. The van der Waals surface area contributed by atoms with E-state index in [0.717, 1.165) is 6.07 Å². The SMILES string of the molecule is Cn1nc(N2CCC(=O)NC2=O)c2cc(F)c([C@H]3CCN(CC(=O)OC(C)(C)C)CC3(F)F)cc21. The molecule has 0 bridgehead atoms. The van der Waals surface area contributed by atoms with Crippen molar-refractivity contribution in [1.29, 1.82) is 0 Å². The number of nitrogens with zero attached hydrogens (tertiary/aromatic N) is 4. The summed E-state index contributed by atoms with van der Waals surface area (Å²) in [5.41, 5.74) is -0.483. The van der Waals surface area contributed by atoms with Gasteiger partial charge in [-0.3, -0.25) is 29.4 Å². The smallest absolute Gasteiger partial charge is 0.329 e. The number of likely N-dealkylation sites (tertiary alicyclic amines) is 1. The van der Waals surface area contributed by atoms with Crippen LogP contribution >= 0.6 is 0 Å². The number of hydrogen-bond acceptors (Lipinski definition) is 6. The Morgan fingerprint density at radius 3 is 2.60 bits per heavy atom. The molecule has 9 nitrogen and oxygen atoms in total. The summed E-state index contributed by atoms with van der Waals surface area (Å²) < 4.78 is 52.2. The summed E-state index contributed by atoms with van der Waals surface area (Å²) in [4.78, 5) is 38.3. The minimum absolute atomic E-state index is 0.0560. The number of alkyl halides is 2. The van der Waals surface area contributed by atoms with Crippen LogP contribution in [0.3, 0.4) is 0 Å². The summed E-state index contributed by atoms with van der Waals surface area (Å²) in [5.74, 6) is -6.37. The van der Waals surface area contributed by atoms with Gasteiger partial charge in [-0.25, -0.2) is 18.0 Å². The molecule has 0 radical (unpaired) electrons. The standard InChI is InChI=1S/C23H28F3N5O4/c1-22(2,3)35-19(33)11-30-7-5-15(23(25,26)12-30)13-10-17-14(9-16(13)24)20(28-29(17)4)31-8-6-18(32)27-21(31)34/h9-10,15H,5-8,11-12H2,1-4H3,(H,27,32,34)/t15-/m1/s1. The van der Waals surface area contributed by atoms with Gasteiger partial charge in [0.05, 0.1) is 24.5 Å². The zero-order chi connectivity index (χ0) is 25.7. The summed E-state index contributed by atoms with van der Waals surface area (Å²) in [5, 5.41) is 6.75. The summed E-state index contributed by atoms with van der Waals surface area (Å²) in [7, 11) is 1.57. The number of aromatic nitrogens is 2. The van der Waals surface area contributed by atoms with Crippen molar-refractivity contribution >= 4 is 34.6 Å². The van der Waals surface area contributed by atoms with Gasteiger partial charge in [-0.1, -0.05) is 0 Å². The largest absolute Gasteiger partial charge is 0.459 e. The zero-order valence-electron chi connectivity index (χ0n) is 20.0. The second-order valence-corrected chi connectivity index (χ2v) is 9.99. The van der Waals surface area contributed by atoms with E-state index in [1.807, 2.05) is 0 Å². The Morgan fingerprint density at radius 2 is 1.97 bits per heavy atom. The van der Waals surface area contributed by atoms with Crippen molar-refractivity contribution in [3.63, 3.8) is 0 Å². The molecule has 2 aromatic rings. The average Bonchev–Trinajstić information content (AvgIpc) is 3.01. The van der Waals surface area contributed by atoms with Crippen LogP contribution in [0, 0.1) is 5.82 Å². The average molecular weight is 496 g/mol. The van der Waals surface area contributed by atoms with E-state index in [0.29, 0.717) is 5.52 Å². The van der Waals surface area contributed by atoms with E-state index in [9.17, 15) is 14.4 Å². The Hall–Kier alpha value is -3.15. The second kappa shape index (κ2) is 8.81. The fraction of sp³-hybridized carbons (Fsp3) is 0.565. The third kappa shape index (κ3) is 5.12. The number of urea groups is 1. The number of rotatable bonds is 4. The number of halogens is 3. The molecular formula is C23H28F3N5O4. The second-order valence-electron chi connectivity index (χ2n) is 9.99. The molecule has 0 aliphatic carbocycles. The lowest BCUT2D eigenvalue weighted by Crippen LogP contribution is -2.50. The van der Waals surface area contributed by atoms with Crippen molar-refractivity contribution in [1.82, 2.24) is 20.0 Å². The van der Waals surface area contributed by atoms with E-state index in [-0.39, 0.29) is 49.2 Å². The van der Waals surface area contributed by atoms with Gasteiger partial charge in [-0.15, -0.1) is 0 Å². The molecule has 2 aliphatic heterocycles. The lowest BCUT2D eigenvalue weighted by Gasteiger charge is -2.38. The molecular weight excluding hydrogens is 467 g/mol. The van der Waals surface area contributed by atoms with Crippen molar-refractivity contribution < 1.29 is 32.3 Å². The minimum atomic E-state index is -3.29.